The summed E-state index contributed by atoms with van der Waals surface area (Å²) in [7, 11) is 0. The van der Waals surface area contributed by atoms with E-state index in [1.165, 1.54) is 11.8 Å². The smallest absolute Gasteiger partial charge is 0.321 e. The third kappa shape index (κ3) is 3.59. The highest BCUT2D eigenvalue weighted by atomic mass is 16.3. The van der Waals surface area contributed by atoms with E-state index in [-0.39, 0.29) is 11.9 Å². The van der Waals surface area contributed by atoms with Gasteiger partial charge in [0.25, 0.3) is 5.91 Å². The van der Waals surface area contributed by atoms with Crippen molar-refractivity contribution < 1.29 is 14.0 Å². The van der Waals surface area contributed by atoms with Crippen LogP contribution in [0.25, 0.3) is 0 Å². The summed E-state index contributed by atoms with van der Waals surface area (Å²) < 4.78 is 5.14. The SMILES string of the molecule is CCc1ccc(NC(=O)N2CCN(C(=O)c3ccco3)CC2)cc1. The third-order valence-electron chi connectivity index (χ3n) is 4.20. The van der Waals surface area contributed by atoms with Crippen molar-refractivity contribution in [1.29, 1.82) is 0 Å². The van der Waals surface area contributed by atoms with Crippen molar-refractivity contribution in [2.45, 2.75) is 13.3 Å². The maximum absolute atomic E-state index is 12.3. The summed E-state index contributed by atoms with van der Waals surface area (Å²) in [6.45, 7) is 4.11. The van der Waals surface area contributed by atoms with Crippen LogP contribution in [-0.4, -0.2) is 47.9 Å². The topological polar surface area (TPSA) is 65.8 Å². The zero-order valence-electron chi connectivity index (χ0n) is 13.7. The number of piperazine rings is 1. The number of nitrogens with zero attached hydrogens (tertiary/aromatic N) is 2. The molecule has 0 unspecified atom stereocenters. The molecule has 0 spiro atoms. The molecule has 1 aliphatic rings. The lowest BCUT2D eigenvalue weighted by Crippen LogP contribution is -2.51. The summed E-state index contributed by atoms with van der Waals surface area (Å²) in [6.07, 6.45) is 2.46. The molecule has 126 valence electrons. The second-order valence-electron chi connectivity index (χ2n) is 5.74. The maximum atomic E-state index is 12.3. The van der Waals surface area contributed by atoms with Crippen molar-refractivity contribution >= 4 is 17.6 Å². The molecule has 6 heteroatoms. The number of carbonyl (C=O) groups excluding carboxylic acids is 2. The lowest BCUT2D eigenvalue weighted by molar-refractivity contribution is 0.0640. The molecule has 24 heavy (non-hydrogen) atoms. The zero-order valence-corrected chi connectivity index (χ0v) is 13.7. The average molecular weight is 327 g/mol. The van der Waals surface area contributed by atoms with Crippen molar-refractivity contribution in [3.05, 3.63) is 54.0 Å². The van der Waals surface area contributed by atoms with Gasteiger partial charge in [0.05, 0.1) is 6.26 Å². The lowest BCUT2D eigenvalue weighted by atomic mass is 10.1. The minimum Gasteiger partial charge on any atom is -0.459 e. The van der Waals surface area contributed by atoms with Gasteiger partial charge in [-0.15, -0.1) is 0 Å². The van der Waals surface area contributed by atoms with E-state index in [0.29, 0.717) is 31.9 Å². The van der Waals surface area contributed by atoms with Crippen LogP contribution < -0.4 is 5.32 Å². The van der Waals surface area contributed by atoms with Gasteiger partial charge in [0.15, 0.2) is 5.76 Å². The van der Waals surface area contributed by atoms with Crippen LogP contribution in [0.15, 0.2) is 47.1 Å². The van der Waals surface area contributed by atoms with Crippen LogP contribution in [0.5, 0.6) is 0 Å². The molecule has 0 atom stereocenters. The monoisotopic (exact) mass is 327 g/mol. The first-order chi connectivity index (χ1) is 11.7. The largest absolute Gasteiger partial charge is 0.459 e. The first kappa shape index (κ1) is 16.1. The average Bonchev–Trinajstić information content (AvgIpc) is 3.16. The van der Waals surface area contributed by atoms with Crippen LogP contribution in [0.4, 0.5) is 10.5 Å². The number of nitrogens with one attached hydrogen (secondary N) is 1. The van der Waals surface area contributed by atoms with Crippen molar-refractivity contribution in [3.63, 3.8) is 0 Å². The van der Waals surface area contributed by atoms with E-state index < -0.39 is 0 Å². The fourth-order valence-electron chi connectivity index (χ4n) is 2.70. The van der Waals surface area contributed by atoms with Crippen LogP contribution in [0, 0.1) is 0 Å². The Balaban J connectivity index is 1.52. The highest BCUT2D eigenvalue weighted by Crippen LogP contribution is 2.13. The molecule has 1 N–H and O–H groups in total. The number of benzene rings is 1. The fourth-order valence-corrected chi connectivity index (χ4v) is 2.70. The van der Waals surface area contributed by atoms with Gasteiger partial charge in [0, 0.05) is 31.9 Å². The first-order valence-corrected chi connectivity index (χ1v) is 8.15. The second-order valence-corrected chi connectivity index (χ2v) is 5.74. The van der Waals surface area contributed by atoms with Crippen LogP contribution >= 0.6 is 0 Å². The molecular weight excluding hydrogens is 306 g/mol. The minimum atomic E-state index is -0.135. The van der Waals surface area contributed by atoms with Crippen molar-refractivity contribution in [3.8, 4) is 0 Å². The Labute approximate surface area is 141 Å². The van der Waals surface area contributed by atoms with Gasteiger partial charge < -0.3 is 19.5 Å². The molecule has 0 aliphatic carbocycles. The van der Waals surface area contributed by atoms with Gasteiger partial charge in [0.2, 0.25) is 0 Å². The van der Waals surface area contributed by atoms with E-state index >= 15 is 0 Å². The zero-order chi connectivity index (χ0) is 16.9. The molecule has 0 saturated carbocycles. The molecule has 1 saturated heterocycles. The van der Waals surface area contributed by atoms with E-state index in [9.17, 15) is 9.59 Å². The number of anilines is 1. The number of urea groups is 1. The molecule has 6 nitrogen and oxygen atoms in total. The molecule has 3 rings (SSSR count). The van der Waals surface area contributed by atoms with E-state index in [4.69, 9.17) is 4.42 Å². The van der Waals surface area contributed by atoms with Gasteiger partial charge >= 0.3 is 6.03 Å². The van der Waals surface area contributed by atoms with Gasteiger partial charge in [-0.25, -0.2) is 4.79 Å². The lowest BCUT2D eigenvalue weighted by Gasteiger charge is -2.34. The number of rotatable bonds is 3. The molecule has 0 radical (unpaired) electrons. The van der Waals surface area contributed by atoms with Crippen LogP contribution in [0.2, 0.25) is 0 Å². The predicted octanol–water partition coefficient (Wildman–Crippen LogP) is 2.83. The Hall–Kier alpha value is -2.76. The van der Waals surface area contributed by atoms with Crippen molar-refractivity contribution in [2.24, 2.45) is 0 Å². The van der Waals surface area contributed by atoms with Crippen LogP contribution in [0.3, 0.4) is 0 Å². The van der Waals surface area contributed by atoms with E-state index in [1.54, 1.807) is 21.9 Å². The number of amides is 3. The first-order valence-electron chi connectivity index (χ1n) is 8.15. The standard InChI is InChI=1S/C18H21N3O3/c1-2-14-5-7-15(8-6-14)19-18(23)21-11-9-20(10-12-21)17(22)16-4-3-13-24-16/h3-8,13H,2,9-12H2,1H3,(H,19,23). The number of furan rings is 1. The second kappa shape index (κ2) is 7.21. The Morgan fingerprint density at radius 2 is 1.71 bits per heavy atom. The number of hydrogen-bond donors (Lipinski definition) is 1. The molecule has 1 fully saturated rings. The van der Waals surface area contributed by atoms with E-state index in [1.807, 2.05) is 24.3 Å². The number of carbonyl (C=O) groups is 2. The van der Waals surface area contributed by atoms with Crippen molar-refractivity contribution in [2.75, 3.05) is 31.5 Å². The predicted molar refractivity (Wildman–Crippen MR) is 91.0 cm³/mol. The molecule has 2 aromatic rings. The normalized spacial score (nSPS) is 14.5. The van der Waals surface area contributed by atoms with E-state index in [2.05, 4.69) is 12.2 Å². The third-order valence-corrected chi connectivity index (χ3v) is 4.20. The Morgan fingerprint density at radius 1 is 1.04 bits per heavy atom. The van der Waals surface area contributed by atoms with Gasteiger partial charge in [0.1, 0.15) is 0 Å². The maximum Gasteiger partial charge on any atom is 0.321 e. The summed E-state index contributed by atoms with van der Waals surface area (Å²) >= 11 is 0. The molecular formula is C18H21N3O3. The highest BCUT2D eigenvalue weighted by molar-refractivity contribution is 5.92. The quantitative estimate of drug-likeness (QED) is 0.943. The molecule has 1 aromatic carbocycles. The summed E-state index contributed by atoms with van der Waals surface area (Å²) in [4.78, 5) is 28.0. The highest BCUT2D eigenvalue weighted by Gasteiger charge is 2.26. The summed E-state index contributed by atoms with van der Waals surface area (Å²) in [5, 5.41) is 2.90. The van der Waals surface area contributed by atoms with Crippen molar-refractivity contribution in [1.82, 2.24) is 9.80 Å². The molecule has 0 bridgehead atoms. The molecule has 3 amide bonds. The Kier molecular flexibility index (Phi) is 4.84. The van der Waals surface area contributed by atoms with Crippen LogP contribution in [-0.2, 0) is 6.42 Å². The van der Waals surface area contributed by atoms with Gasteiger partial charge in [-0.1, -0.05) is 19.1 Å². The van der Waals surface area contributed by atoms with Gasteiger partial charge in [-0.05, 0) is 36.2 Å². The van der Waals surface area contributed by atoms with Gasteiger partial charge in [-0.2, -0.15) is 0 Å². The van der Waals surface area contributed by atoms with Gasteiger partial charge in [-0.3, -0.25) is 4.79 Å². The van der Waals surface area contributed by atoms with E-state index in [0.717, 1.165) is 12.1 Å². The molecule has 1 aromatic heterocycles. The summed E-state index contributed by atoms with van der Waals surface area (Å²) in [5.41, 5.74) is 2.02. The number of hydrogen-bond acceptors (Lipinski definition) is 3. The summed E-state index contributed by atoms with van der Waals surface area (Å²) in [5.74, 6) is 0.208. The molecule has 1 aliphatic heterocycles. The molecule has 2 heterocycles. The Bertz CT molecular complexity index is 687. The minimum absolute atomic E-state index is 0.129. The Morgan fingerprint density at radius 3 is 2.29 bits per heavy atom. The fraction of sp³-hybridized carbons (Fsp3) is 0.333. The van der Waals surface area contributed by atoms with Crippen LogP contribution in [0.1, 0.15) is 23.0 Å². The summed E-state index contributed by atoms with van der Waals surface area (Å²) in [6, 6.07) is 11.1. The number of aryl methyl sites for hydroxylation is 1.